The third-order valence-corrected chi connectivity index (χ3v) is 4.30. The Hall–Kier alpha value is -1.39. The summed E-state index contributed by atoms with van der Waals surface area (Å²) in [6, 6.07) is 6.27. The van der Waals surface area contributed by atoms with Crippen LogP contribution in [0.1, 0.15) is 36.0 Å². The van der Waals surface area contributed by atoms with Crippen LogP contribution in [-0.2, 0) is 16.0 Å². The highest BCUT2D eigenvalue weighted by Gasteiger charge is 2.23. The Balaban J connectivity index is 1.81. The zero-order chi connectivity index (χ0) is 15.9. The first-order valence-corrected chi connectivity index (χ1v) is 8.16. The van der Waals surface area contributed by atoms with Crippen molar-refractivity contribution in [3.63, 3.8) is 0 Å². The maximum atomic E-state index is 12.5. The van der Waals surface area contributed by atoms with Gasteiger partial charge in [0.2, 0.25) is 5.91 Å². The van der Waals surface area contributed by atoms with E-state index in [0.29, 0.717) is 19.4 Å². The van der Waals surface area contributed by atoms with Gasteiger partial charge in [-0.3, -0.25) is 4.79 Å². The second-order valence-electron chi connectivity index (χ2n) is 6.13. The van der Waals surface area contributed by atoms with Gasteiger partial charge in [0.1, 0.15) is 0 Å². The Kier molecular flexibility index (Phi) is 6.40. The van der Waals surface area contributed by atoms with Crippen LogP contribution in [0, 0.1) is 13.8 Å². The maximum Gasteiger partial charge on any atom is 0.227 e. The number of benzene rings is 1. The van der Waals surface area contributed by atoms with E-state index in [1.807, 2.05) is 4.90 Å². The summed E-state index contributed by atoms with van der Waals surface area (Å²) in [5.41, 5.74) is 3.51. The van der Waals surface area contributed by atoms with Crippen molar-refractivity contribution in [3.05, 3.63) is 34.9 Å². The molecule has 4 nitrogen and oxygen atoms in total. The lowest BCUT2D eigenvalue weighted by Crippen LogP contribution is -2.41. The third kappa shape index (κ3) is 4.82. The van der Waals surface area contributed by atoms with Crippen LogP contribution in [0.4, 0.5) is 0 Å². The molecular formula is C18H27NO3. The van der Waals surface area contributed by atoms with Crippen LogP contribution in [0.25, 0.3) is 0 Å². The SMILES string of the molecule is Cc1ccc(C)c(CC(=O)N2CCC(OCCCO)CC2)c1. The number of ether oxygens (including phenoxy) is 1. The van der Waals surface area contributed by atoms with Crippen molar-refractivity contribution in [2.45, 2.75) is 45.6 Å². The van der Waals surface area contributed by atoms with Crippen molar-refractivity contribution in [1.29, 1.82) is 0 Å². The highest BCUT2D eigenvalue weighted by atomic mass is 16.5. The lowest BCUT2D eigenvalue weighted by Gasteiger charge is -2.32. The highest BCUT2D eigenvalue weighted by Crippen LogP contribution is 2.17. The Morgan fingerprint density at radius 3 is 2.73 bits per heavy atom. The predicted molar refractivity (Wildman–Crippen MR) is 86.9 cm³/mol. The van der Waals surface area contributed by atoms with E-state index in [9.17, 15) is 4.79 Å². The van der Waals surface area contributed by atoms with Crippen LogP contribution >= 0.6 is 0 Å². The molecular weight excluding hydrogens is 278 g/mol. The highest BCUT2D eigenvalue weighted by molar-refractivity contribution is 5.79. The molecule has 1 aromatic rings. The molecule has 1 amide bonds. The second-order valence-corrected chi connectivity index (χ2v) is 6.13. The van der Waals surface area contributed by atoms with Gasteiger partial charge in [-0.15, -0.1) is 0 Å². The maximum absolute atomic E-state index is 12.5. The molecule has 122 valence electrons. The largest absolute Gasteiger partial charge is 0.396 e. The number of nitrogens with zero attached hydrogens (tertiary/aromatic N) is 1. The molecule has 22 heavy (non-hydrogen) atoms. The summed E-state index contributed by atoms with van der Waals surface area (Å²) in [7, 11) is 0. The number of aliphatic hydroxyl groups excluding tert-OH is 1. The molecule has 2 rings (SSSR count). The third-order valence-electron chi connectivity index (χ3n) is 4.30. The van der Waals surface area contributed by atoms with Gasteiger partial charge in [-0.2, -0.15) is 0 Å². The number of piperidine rings is 1. The van der Waals surface area contributed by atoms with Crippen LogP contribution in [0.15, 0.2) is 18.2 Å². The smallest absolute Gasteiger partial charge is 0.227 e. The Morgan fingerprint density at radius 2 is 2.05 bits per heavy atom. The Labute approximate surface area is 133 Å². The number of hydrogen-bond acceptors (Lipinski definition) is 3. The molecule has 0 aliphatic carbocycles. The molecule has 4 heteroatoms. The van der Waals surface area contributed by atoms with Crippen LogP contribution in [-0.4, -0.2) is 48.3 Å². The van der Waals surface area contributed by atoms with Gasteiger partial charge >= 0.3 is 0 Å². The van der Waals surface area contributed by atoms with E-state index in [2.05, 4.69) is 32.0 Å². The minimum absolute atomic E-state index is 0.174. The molecule has 1 aliphatic rings. The number of likely N-dealkylation sites (tertiary alicyclic amines) is 1. The van der Waals surface area contributed by atoms with Gasteiger partial charge in [-0.05, 0) is 44.2 Å². The van der Waals surface area contributed by atoms with E-state index >= 15 is 0 Å². The molecule has 1 heterocycles. The van der Waals surface area contributed by atoms with Crippen molar-refractivity contribution in [2.24, 2.45) is 0 Å². The van der Waals surface area contributed by atoms with Gasteiger partial charge in [0.15, 0.2) is 0 Å². The predicted octanol–water partition coefficient (Wildman–Crippen LogP) is 2.24. The Morgan fingerprint density at radius 1 is 1.32 bits per heavy atom. The zero-order valence-corrected chi connectivity index (χ0v) is 13.7. The molecule has 0 bridgehead atoms. The first-order chi connectivity index (χ1) is 10.6. The van der Waals surface area contributed by atoms with Crippen molar-refractivity contribution in [3.8, 4) is 0 Å². The van der Waals surface area contributed by atoms with Gasteiger partial charge in [-0.25, -0.2) is 0 Å². The standard InChI is InChI=1S/C18H27NO3/c1-14-4-5-15(2)16(12-14)13-18(21)19-8-6-17(7-9-19)22-11-3-10-20/h4-5,12,17,20H,3,6-11,13H2,1-2H3. The van der Waals surface area contributed by atoms with E-state index in [-0.39, 0.29) is 18.6 Å². The summed E-state index contributed by atoms with van der Waals surface area (Å²) in [6.45, 7) is 6.44. The zero-order valence-electron chi connectivity index (χ0n) is 13.7. The molecule has 1 aliphatic heterocycles. The quantitative estimate of drug-likeness (QED) is 0.820. The molecule has 0 radical (unpaired) electrons. The Bertz CT molecular complexity index is 493. The van der Waals surface area contributed by atoms with Gasteiger partial charge in [-0.1, -0.05) is 23.8 Å². The topological polar surface area (TPSA) is 49.8 Å². The monoisotopic (exact) mass is 305 g/mol. The van der Waals surface area contributed by atoms with Crippen LogP contribution in [0.2, 0.25) is 0 Å². The number of amides is 1. The molecule has 1 aromatic carbocycles. The van der Waals surface area contributed by atoms with Crippen LogP contribution < -0.4 is 0 Å². The summed E-state index contributed by atoms with van der Waals surface area (Å²) in [5.74, 6) is 0.211. The summed E-state index contributed by atoms with van der Waals surface area (Å²) in [4.78, 5) is 14.4. The van der Waals surface area contributed by atoms with E-state index in [4.69, 9.17) is 9.84 Å². The van der Waals surface area contributed by atoms with Gasteiger partial charge in [0, 0.05) is 26.3 Å². The number of aryl methyl sites for hydroxylation is 2. The summed E-state index contributed by atoms with van der Waals surface area (Å²) in [5, 5.41) is 8.76. The van der Waals surface area contributed by atoms with Crippen molar-refractivity contribution < 1.29 is 14.6 Å². The number of hydrogen-bond donors (Lipinski definition) is 1. The normalized spacial score (nSPS) is 16.0. The van der Waals surface area contributed by atoms with Crippen molar-refractivity contribution in [1.82, 2.24) is 4.90 Å². The van der Waals surface area contributed by atoms with Crippen molar-refractivity contribution >= 4 is 5.91 Å². The van der Waals surface area contributed by atoms with E-state index in [0.717, 1.165) is 31.5 Å². The second kappa shape index (κ2) is 8.30. The van der Waals surface area contributed by atoms with Crippen molar-refractivity contribution in [2.75, 3.05) is 26.3 Å². The summed E-state index contributed by atoms with van der Waals surface area (Å²) < 4.78 is 5.71. The lowest BCUT2D eigenvalue weighted by molar-refractivity contribution is -0.133. The van der Waals surface area contributed by atoms with Crippen LogP contribution in [0.5, 0.6) is 0 Å². The lowest BCUT2D eigenvalue weighted by atomic mass is 10.0. The first-order valence-electron chi connectivity index (χ1n) is 8.16. The number of aliphatic hydroxyl groups is 1. The van der Waals surface area contributed by atoms with Gasteiger partial charge < -0.3 is 14.7 Å². The fraction of sp³-hybridized carbons (Fsp3) is 0.611. The fourth-order valence-corrected chi connectivity index (χ4v) is 2.85. The molecule has 0 unspecified atom stereocenters. The molecule has 0 saturated carbocycles. The summed E-state index contributed by atoms with van der Waals surface area (Å²) >= 11 is 0. The van der Waals surface area contributed by atoms with Gasteiger partial charge in [0.05, 0.1) is 12.5 Å². The molecule has 1 saturated heterocycles. The average molecular weight is 305 g/mol. The number of carbonyl (C=O) groups excluding carboxylic acids is 1. The molecule has 0 aromatic heterocycles. The number of carbonyl (C=O) groups is 1. The number of rotatable bonds is 6. The molecule has 0 atom stereocenters. The van der Waals surface area contributed by atoms with E-state index in [1.54, 1.807) is 0 Å². The van der Waals surface area contributed by atoms with Crippen LogP contribution in [0.3, 0.4) is 0 Å². The summed E-state index contributed by atoms with van der Waals surface area (Å²) in [6.07, 6.45) is 3.19. The fourth-order valence-electron chi connectivity index (χ4n) is 2.85. The molecule has 0 spiro atoms. The minimum atomic E-state index is 0.174. The van der Waals surface area contributed by atoms with Gasteiger partial charge in [0.25, 0.3) is 0 Å². The van der Waals surface area contributed by atoms with E-state index in [1.165, 1.54) is 11.1 Å². The van der Waals surface area contributed by atoms with E-state index < -0.39 is 0 Å². The first kappa shape index (κ1) is 17.0. The minimum Gasteiger partial charge on any atom is -0.396 e. The molecule has 1 N–H and O–H groups in total. The average Bonchev–Trinajstić information content (AvgIpc) is 2.52. The molecule has 1 fully saturated rings.